The van der Waals surface area contributed by atoms with Gasteiger partial charge >= 0.3 is 0 Å². The Bertz CT molecular complexity index is 351. The van der Waals surface area contributed by atoms with Crippen LogP contribution < -0.4 is 10.6 Å². The Morgan fingerprint density at radius 1 is 1.31 bits per heavy atom. The third kappa shape index (κ3) is 1.67. The fourth-order valence-corrected chi connectivity index (χ4v) is 1.34. The fraction of sp³-hybridized carbons (Fsp3) is 0.222. The molecule has 2 N–H and O–H groups in total. The summed E-state index contributed by atoms with van der Waals surface area (Å²) in [5, 5.41) is 5.58. The smallest absolute Gasteiger partial charge is 0.238 e. The number of carbonyl (C=O) groups is 1. The van der Waals surface area contributed by atoms with Crippen LogP contribution in [-0.2, 0) is 11.3 Å². The van der Waals surface area contributed by atoms with Gasteiger partial charge in [-0.05, 0) is 23.8 Å². The van der Waals surface area contributed by atoms with Crippen molar-refractivity contribution in [1.82, 2.24) is 5.32 Å². The molecule has 1 aliphatic rings. The zero-order valence-corrected chi connectivity index (χ0v) is 6.93. The lowest BCUT2D eigenvalue weighted by Crippen LogP contribution is -2.23. The molecular formula is C9H9FN2O. The maximum absolute atomic E-state index is 12.8. The number of benzene rings is 1. The zero-order valence-electron chi connectivity index (χ0n) is 6.93. The van der Waals surface area contributed by atoms with Crippen LogP contribution in [0.25, 0.3) is 0 Å². The summed E-state index contributed by atoms with van der Waals surface area (Å²) in [5.74, 6) is -0.373. The van der Waals surface area contributed by atoms with Crippen molar-refractivity contribution in [2.45, 2.75) is 6.54 Å². The molecule has 0 fully saturated rings. The Hall–Kier alpha value is -1.42. The van der Waals surface area contributed by atoms with E-state index in [2.05, 4.69) is 10.6 Å². The van der Waals surface area contributed by atoms with Crippen molar-refractivity contribution in [3.63, 3.8) is 0 Å². The number of hydrogen-bond donors (Lipinski definition) is 2. The van der Waals surface area contributed by atoms with E-state index in [1.165, 1.54) is 12.1 Å². The predicted molar refractivity (Wildman–Crippen MR) is 46.7 cm³/mol. The number of hydrogen-bond acceptors (Lipinski definition) is 2. The summed E-state index contributed by atoms with van der Waals surface area (Å²) < 4.78 is 12.8. The molecule has 1 aromatic rings. The van der Waals surface area contributed by atoms with E-state index in [1.54, 1.807) is 6.07 Å². The van der Waals surface area contributed by atoms with Crippen LogP contribution in [0.4, 0.5) is 10.1 Å². The highest BCUT2D eigenvalue weighted by Gasteiger charge is 2.11. The number of anilines is 1. The molecule has 0 spiro atoms. The van der Waals surface area contributed by atoms with E-state index in [0.29, 0.717) is 12.2 Å². The minimum atomic E-state index is -0.281. The van der Waals surface area contributed by atoms with E-state index in [0.717, 1.165) is 5.56 Å². The first kappa shape index (κ1) is 8.19. The molecule has 0 bridgehead atoms. The molecule has 13 heavy (non-hydrogen) atoms. The van der Waals surface area contributed by atoms with E-state index in [4.69, 9.17) is 0 Å². The normalized spacial score (nSPS) is 15.9. The first-order valence-electron chi connectivity index (χ1n) is 4.05. The third-order valence-corrected chi connectivity index (χ3v) is 1.94. The number of carbonyl (C=O) groups excluding carboxylic acids is 1. The van der Waals surface area contributed by atoms with E-state index in [-0.39, 0.29) is 18.3 Å². The van der Waals surface area contributed by atoms with Crippen molar-refractivity contribution >= 4 is 11.6 Å². The van der Waals surface area contributed by atoms with Crippen molar-refractivity contribution in [2.24, 2.45) is 0 Å². The Balaban J connectivity index is 2.40. The number of fused-ring (bicyclic) bond motifs is 1. The summed E-state index contributed by atoms with van der Waals surface area (Å²) in [5.41, 5.74) is 1.47. The topological polar surface area (TPSA) is 41.1 Å². The Morgan fingerprint density at radius 3 is 3.00 bits per heavy atom. The lowest BCUT2D eigenvalue weighted by Gasteiger charge is -2.04. The van der Waals surface area contributed by atoms with E-state index < -0.39 is 0 Å². The average Bonchev–Trinajstić information content (AvgIpc) is 2.25. The van der Waals surface area contributed by atoms with Crippen molar-refractivity contribution < 1.29 is 9.18 Å². The number of halogens is 1. The molecule has 0 unspecified atom stereocenters. The first-order valence-corrected chi connectivity index (χ1v) is 4.05. The Morgan fingerprint density at radius 2 is 2.15 bits per heavy atom. The molecule has 0 radical (unpaired) electrons. The van der Waals surface area contributed by atoms with Crippen LogP contribution in [0, 0.1) is 5.82 Å². The summed E-state index contributed by atoms with van der Waals surface area (Å²) in [4.78, 5) is 11.1. The van der Waals surface area contributed by atoms with Crippen LogP contribution in [-0.4, -0.2) is 12.5 Å². The van der Waals surface area contributed by atoms with Crippen LogP contribution >= 0.6 is 0 Å². The molecule has 4 heteroatoms. The lowest BCUT2D eigenvalue weighted by atomic mass is 10.2. The number of amides is 1. The predicted octanol–water partition coefficient (Wildman–Crippen LogP) is 0.867. The average molecular weight is 180 g/mol. The van der Waals surface area contributed by atoms with Gasteiger partial charge < -0.3 is 10.6 Å². The molecule has 0 saturated heterocycles. The minimum Gasteiger partial charge on any atom is -0.325 e. The second-order valence-electron chi connectivity index (χ2n) is 2.95. The largest absolute Gasteiger partial charge is 0.325 e. The lowest BCUT2D eigenvalue weighted by molar-refractivity contribution is -0.115. The molecule has 2 rings (SSSR count). The summed E-state index contributed by atoms with van der Waals surface area (Å²) in [6.07, 6.45) is 0. The standard InChI is InChI=1S/C9H9FN2O/c10-7-1-2-8-6(3-7)4-11-5-9(13)12-8/h1-3,11H,4-5H2,(H,12,13). The first-order chi connectivity index (χ1) is 6.25. The summed E-state index contributed by atoms with van der Waals surface area (Å²) in [7, 11) is 0. The number of nitrogens with one attached hydrogen (secondary N) is 2. The van der Waals surface area contributed by atoms with E-state index in [9.17, 15) is 9.18 Å². The molecule has 68 valence electrons. The summed E-state index contributed by atoms with van der Waals surface area (Å²) in [6, 6.07) is 4.34. The van der Waals surface area contributed by atoms with Crippen LogP contribution in [0.1, 0.15) is 5.56 Å². The van der Waals surface area contributed by atoms with Crippen LogP contribution in [0.5, 0.6) is 0 Å². The van der Waals surface area contributed by atoms with Crippen LogP contribution in [0.3, 0.4) is 0 Å². The minimum absolute atomic E-state index is 0.0923. The Kier molecular flexibility index (Phi) is 1.98. The van der Waals surface area contributed by atoms with Gasteiger partial charge in [0.2, 0.25) is 5.91 Å². The molecule has 1 aliphatic heterocycles. The van der Waals surface area contributed by atoms with Crippen molar-refractivity contribution in [1.29, 1.82) is 0 Å². The highest BCUT2D eigenvalue weighted by molar-refractivity contribution is 5.93. The molecule has 0 aliphatic carbocycles. The summed E-state index contributed by atoms with van der Waals surface area (Å²) in [6.45, 7) is 0.794. The molecule has 1 aromatic carbocycles. The van der Waals surface area contributed by atoms with Gasteiger partial charge in [-0.1, -0.05) is 0 Å². The molecule has 3 nitrogen and oxygen atoms in total. The monoisotopic (exact) mass is 180 g/mol. The quantitative estimate of drug-likeness (QED) is 0.622. The second kappa shape index (κ2) is 3.14. The third-order valence-electron chi connectivity index (χ3n) is 1.94. The van der Waals surface area contributed by atoms with Gasteiger partial charge in [0.1, 0.15) is 5.82 Å². The van der Waals surface area contributed by atoms with Gasteiger partial charge in [-0.2, -0.15) is 0 Å². The SMILES string of the molecule is O=C1CNCc2cc(F)ccc2N1. The van der Waals surface area contributed by atoms with Gasteiger partial charge in [0.15, 0.2) is 0 Å². The van der Waals surface area contributed by atoms with Gasteiger partial charge in [-0.3, -0.25) is 4.79 Å². The molecule has 0 aromatic heterocycles. The highest BCUT2D eigenvalue weighted by atomic mass is 19.1. The van der Waals surface area contributed by atoms with Crippen molar-refractivity contribution in [3.05, 3.63) is 29.6 Å². The van der Waals surface area contributed by atoms with Gasteiger partial charge in [0.05, 0.1) is 6.54 Å². The Labute approximate surface area is 74.9 Å². The molecule has 0 atom stereocenters. The molecule has 0 saturated carbocycles. The van der Waals surface area contributed by atoms with Crippen LogP contribution in [0.2, 0.25) is 0 Å². The fourth-order valence-electron chi connectivity index (χ4n) is 1.34. The maximum atomic E-state index is 12.8. The van der Waals surface area contributed by atoms with Crippen molar-refractivity contribution in [2.75, 3.05) is 11.9 Å². The van der Waals surface area contributed by atoms with Gasteiger partial charge in [0.25, 0.3) is 0 Å². The van der Waals surface area contributed by atoms with E-state index >= 15 is 0 Å². The van der Waals surface area contributed by atoms with Gasteiger partial charge in [0, 0.05) is 12.2 Å². The van der Waals surface area contributed by atoms with Gasteiger partial charge in [-0.25, -0.2) is 4.39 Å². The van der Waals surface area contributed by atoms with Gasteiger partial charge in [-0.15, -0.1) is 0 Å². The van der Waals surface area contributed by atoms with Crippen LogP contribution in [0.15, 0.2) is 18.2 Å². The maximum Gasteiger partial charge on any atom is 0.238 e. The van der Waals surface area contributed by atoms with E-state index in [1.807, 2.05) is 0 Å². The van der Waals surface area contributed by atoms with Crippen molar-refractivity contribution in [3.8, 4) is 0 Å². The zero-order chi connectivity index (χ0) is 9.26. The number of rotatable bonds is 0. The molecule has 1 heterocycles. The highest BCUT2D eigenvalue weighted by Crippen LogP contribution is 2.18. The molecule has 1 amide bonds. The second-order valence-corrected chi connectivity index (χ2v) is 2.95. The summed E-state index contributed by atoms with van der Waals surface area (Å²) >= 11 is 0. The molecular weight excluding hydrogens is 171 g/mol.